The summed E-state index contributed by atoms with van der Waals surface area (Å²) in [7, 11) is 1.60. The maximum Gasteiger partial charge on any atom is 0.139 e. The van der Waals surface area contributed by atoms with Crippen molar-refractivity contribution >= 4 is 17.3 Å². The van der Waals surface area contributed by atoms with Gasteiger partial charge in [0.25, 0.3) is 0 Å². The van der Waals surface area contributed by atoms with E-state index in [1.54, 1.807) is 7.11 Å². The van der Waals surface area contributed by atoms with E-state index in [1.165, 1.54) is 0 Å². The van der Waals surface area contributed by atoms with E-state index in [0.29, 0.717) is 10.8 Å². The van der Waals surface area contributed by atoms with Gasteiger partial charge < -0.3 is 14.5 Å². The maximum absolute atomic E-state index is 5.98. The molecule has 1 N–H and O–H groups in total. The molecule has 0 amide bonds. The lowest BCUT2D eigenvalue weighted by Crippen LogP contribution is -2.05. The number of furan rings is 1. The third kappa shape index (κ3) is 2.79. The van der Waals surface area contributed by atoms with Crippen LogP contribution in [0.4, 0.5) is 5.69 Å². The first-order chi connectivity index (χ1) is 8.60. The first kappa shape index (κ1) is 12.8. The number of halogens is 1. The van der Waals surface area contributed by atoms with E-state index in [2.05, 4.69) is 5.32 Å². The van der Waals surface area contributed by atoms with Crippen molar-refractivity contribution in [2.75, 3.05) is 12.4 Å². The van der Waals surface area contributed by atoms with Gasteiger partial charge in [-0.2, -0.15) is 0 Å². The summed E-state index contributed by atoms with van der Waals surface area (Å²) in [4.78, 5) is 0. The van der Waals surface area contributed by atoms with Gasteiger partial charge in [-0.1, -0.05) is 11.6 Å². The van der Waals surface area contributed by atoms with Crippen molar-refractivity contribution in [2.24, 2.45) is 0 Å². The van der Waals surface area contributed by atoms with E-state index in [4.69, 9.17) is 20.8 Å². The third-order valence-corrected chi connectivity index (χ3v) is 3.03. The smallest absolute Gasteiger partial charge is 0.139 e. The van der Waals surface area contributed by atoms with Gasteiger partial charge in [0.15, 0.2) is 0 Å². The Kier molecular flexibility index (Phi) is 3.82. The summed E-state index contributed by atoms with van der Waals surface area (Å²) >= 11 is 5.98. The lowest BCUT2D eigenvalue weighted by atomic mass is 10.2. The van der Waals surface area contributed by atoms with Crippen LogP contribution in [0.2, 0.25) is 5.02 Å². The number of hydrogen-bond acceptors (Lipinski definition) is 3. The zero-order valence-electron chi connectivity index (χ0n) is 10.7. The second-order valence-electron chi connectivity index (χ2n) is 4.16. The molecule has 2 rings (SSSR count). The van der Waals surface area contributed by atoms with Gasteiger partial charge in [0.1, 0.15) is 17.3 Å². The molecule has 0 saturated carbocycles. The number of nitrogens with one attached hydrogen (secondary N) is 1. The monoisotopic (exact) mass is 265 g/mol. The molecule has 1 unspecified atom stereocenters. The van der Waals surface area contributed by atoms with E-state index in [0.717, 1.165) is 17.2 Å². The van der Waals surface area contributed by atoms with Crippen LogP contribution < -0.4 is 10.1 Å². The van der Waals surface area contributed by atoms with Crippen LogP contribution in [0.3, 0.4) is 0 Å². The number of ether oxygens (including phenoxy) is 1. The lowest BCUT2D eigenvalue weighted by Gasteiger charge is -2.14. The summed E-state index contributed by atoms with van der Waals surface area (Å²) in [5, 5.41) is 3.94. The Morgan fingerprint density at radius 3 is 2.67 bits per heavy atom. The molecule has 0 aliphatic rings. The van der Waals surface area contributed by atoms with Crippen molar-refractivity contribution in [2.45, 2.75) is 19.9 Å². The highest BCUT2D eigenvalue weighted by atomic mass is 35.5. The minimum Gasteiger partial charge on any atom is -0.495 e. The number of aryl methyl sites for hydroxylation is 1. The van der Waals surface area contributed by atoms with Crippen molar-refractivity contribution in [3.8, 4) is 5.75 Å². The highest BCUT2D eigenvalue weighted by Gasteiger charge is 2.10. The molecule has 1 atom stereocenters. The average Bonchev–Trinajstić information content (AvgIpc) is 2.78. The molecule has 4 heteroatoms. The van der Waals surface area contributed by atoms with Gasteiger partial charge in [0, 0.05) is 11.8 Å². The first-order valence-electron chi connectivity index (χ1n) is 5.76. The highest BCUT2D eigenvalue weighted by Crippen LogP contribution is 2.29. The molecule has 0 saturated heterocycles. The fourth-order valence-corrected chi connectivity index (χ4v) is 1.95. The molecule has 1 heterocycles. The van der Waals surface area contributed by atoms with E-state index in [1.807, 2.05) is 44.2 Å². The van der Waals surface area contributed by atoms with Gasteiger partial charge in [-0.05, 0) is 38.1 Å². The number of rotatable bonds is 4. The molecule has 1 aromatic heterocycles. The highest BCUT2D eigenvalue weighted by molar-refractivity contribution is 6.32. The SMILES string of the molecule is COc1cc(NC(C)c2ccc(C)o2)ccc1Cl. The molecule has 2 aromatic rings. The molecule has 0 radical (unpaired) electrons. The average molecular weight is 266 g/mol. The lowest BCUT2D eigenvalue weighted by molar-refractivity contribution is 0.415. The van der Waals surface area contributed by atoms with Gasteiger partial charge >= 0.3 is 0 Å². The van der Waals surface area contributed by atoms with E-state index < -0.39 is 0 Å². The van der Waals surface area contributed by atoms with Crippen LogP contribution in [0.5, 0.6) is 5.75 Å². The molecule has 0 spiro atoms. The van der Waals surface area contributed by atoms with E-state index >= 15 is 0 Å². The Morgan fingerprint density at radius 1 is 1.28 bits per heavy atom. The van der Waals surface area contributed by atoms with Crippen LogP contribution in [-0.4, -0.2) is 7.11 Å². The minimum absolute atomic E-state index is 0.0876. The molecule has 0 aliphatic heterocycles. The van der Waals surface area contributed by atoms with Crippen molar-refractivity contribution in [1.82, 2.24) is 0 Å². The van der Waals surface area contributed by atoms with Gasteiger partial charge in [0.05, 0.1) is 18.2 Å². The second kappa shape index (κ2) is 5.36. The van der Waals surface area contributed by atoms with E-state index in [9.17, 15) is 0 Å². The maximum atomic E-state index is 5.98. The Hall–Kier alpha value is -1.61. The molecular formula is C14H16ClNO2. The van der Waals surface area contributed by atoms with Crippen LogP contribution in [-0.2, 0) is 0 Å². The predicted molar refractivity (Wildman–Crippen MR) is 73.5 cm³/mol. The Bertz CT molecular complexity index is 536. The normalized spacial score (nSPS) is 12.2. The van der Waals surface area contributed by atoms with Crippen LogP contribution in [0.25, 0.3) is 0 Å². The minimum atomic E-state index is 0.0876. The van der Waals surface area contributed by atoms with Crippen molar-refractivity contribution in [3.63, 3.8) is 0 Å². The Morgan fingerprint density at radius 2 is 2.06 bits per heavy atom. The predicted octanol–water partition coefficient (Wildman–Crippen LogP) is 4.42. The molecule has 0 bridgehead atoms. The molecule has 3 nitrogen and oxygen atoms in total. The van der Waals surface area contributed by atoms with Crippen molar-refractivity contribution < 1.29 is 9.15 Å². The largest absolute Gasteiger partial charge is 0.495 e. The van der Waals surface area contributed by atoms with Crippen LogP contribution in [0.15, 0.2) is 34.7 Å². The molecule has 96 valence electrons. The summed E-state index contributed by atoms with van der Waals surface area (Å²) in [6.45, 7) is 3.97. The van der Waals surface area contributed by atoms with Crippen LogP contribution >= 0.6 is 11.6 Å². The summed E-state index contributed by atoms with van der Waals surface area (Å²) in [5.74, 6) is 2.47. The number of anilines is 1. The van der Waals surface area contributed by atoms with E-state index in [-0.39, 0.29) is 6.04 Å². The van der Waals surface area contributed by atoms with Crippen molar-refractivity contribution in [3.05, 3.63) is 46.9 Å². The summed E-state index contributed by atoms with van der Waals surface area (Å²) in [6.07, 6.45) is 0. The summed E-state index contributed by atoms with van der Waals surface area (Å²) in [5.41, 5.74) is 0.942. The molecule has 1 aromatic carbocycles. The zero-order valence-corrected chi connectivity index (χ0v) is 11.4. The third-order valence-electron chi connectivity index (χ3n) is 2.72. The van der Waals surface area contributed by atoms with Gasteiger partial charge in [-0.3, -0.25) is 0 Å². The first-order valence-corrected chi connectivity index (χ1v) is 6.14. The van der Waals surface area contributed by atoms with Gasteiger partial charge in [-0.25, -0.2) is 0 Å². The second-order valence-corrected chi connectivity index (χ2v) is 4.57. The molecular weight excluding hydrogens is 250 g/mol. The van der Waals surface area contributed by atoms with Crippen molar-refractivity contribution in [1.29, 1.82) is 0 Å². The van der Waals surface area contributed by atoms with Crippen LogP contribution in [0.1, 0.15) is 24.5 Å². The number of hydrogen-bond donors (Lipinski definition) is 1. The molecule has 18 heavy (non-hydrogen) atoms. The number of benzene rings is 1. The Labute approximate surface area is 112 Å². The van der Waals surface area contributed by atoms with Gasteiger partial charge in [-0.15, -0.1) is 0 Å². The van der Waals surface area contributed by atoms with Crippen LogP contribution in [0, 0.1) is 6.92 Å². The van der Waals surface area contributed by atoms with Gasteiger partial charge in [0.2, 0.25) is 0 Å². The summed E-state index contributed by atoms with van der Waals surface area (Å²) in [6, 6.07) is 9.61. The fraction of sp³-hybridized carbons (Fsp3) is 0.286. The standard InChI is InChI=1S/C14H16ClNO2/c1-9-4-7-13(18-9)10(2)16-11-5-6-12(15)14(8-11)17-3/h4-8,10,16H,1-3H3. The topological polar surface area (TPSA) is 34.4 Å². The quantitative estimate of drug-likeness (QED) is 0.888. The molecule has 0 aliphatic carbocycles. The summed E-state index contributed by atoms with van der Waals surface area (Å²) < 4.78 is 10.8. The fourth-order valence-electron chi connectivity index (χ4n) is 1.76. The number of methoxy groups -OCH3 is 1. The zero-order chi connectivity index (χ0) is 13.1. The Balaban J connectivity index is 2.14. The molecule has 0 fully saturated rings.